The Morgan fingerprint density at radius 1 is 1.21 bits per heavy atom. The topological polar surface area (TPSA) is 47.0 Å². The van der Waals surface area contributed by atoms with Crippen LogP contribution in [0.3, 0.4) is 0 Å². The minimum Gasteiger partial charge on any atom is -0.485 e. The average Bonchev–Trinajstić information content (AvgIpc) is 3.13. The molecule has 0 spiro atoms. The lowest BCUT2D eigenvalue weighted by Gasteiger charge is -2.18. The Morgan fingerprint density at radius 3 is 2.88 bits per heavy atom. The van der Waals surface area contributed by atoms with Crippen LogP contribution in [0.4, 0.5) is 0 Å². The van der Waals surface area contributed by atoms with Gasteiger partial charge in [-0.3, -0.25) is 0 Å². The Balaban J connectivity index is 1.82. The number of nitrogens with one attached hydrogen (secondary N) is 1. The van der Waals surface area contributed by atoms with Crippen molar-refractivity contribution in [2.75, 3.05) is 13.6 Å². The van der Waals surface area contributed by atoms with Crippen LogP contribution in [0.15, 0.2) is 54.0 Å². The van der Waals surface area contributed by atoms with E-state index in [1.54, 1.807) is 17.5 Å². The van der Waals surface area contributed by atoms with Gasteiger partial charge in [0, 0.05) is 23.1 Å². The number of hydrogen-bond donors (Lipinski definition) is 1. The molecule has 5 heteroatoms. The largest absolute Gasteiger partial charge is 0.485 e. The molecule has 3 aromatic rings. The Kier molecular flexibility index (Phi) is 5.56. The molecule has 124 valence electrons. The van der Waals surface area contributed by atoms with Crippen molar-refractivity contribution in [3.8, 4) is 17.0 Å². The van der Waals surface area contributed by atoms with Crippen molar-refractivity contribution in [3.05, 3.63) is 64.7 Å². The average molecular weight is 339 g/mol. The van der Waals surface area contributed by atoms with Gasteiger partial charge in [0.25, 0.3) is 0 Å². The zero-order valence-corrected chi connectivity index (χ0v) is 14.7. The van der Waals surface area contributed by atoms with Crippen molar-refractivity contribution < 1.29 is 4.74 Å². The third-order valence-corrected chi connectivity index (χ3v) is 4.67. The van der Waals surface area contributed by atoms with E-state index in [2.05, 4.69) is 32.8 Å². The summed E-state index contributed by atoms with van der Waals surface area (Å²) in [5, 5.41) is 5.29. The minimum atomic E-state index is 0.0554. The summed E-state index contributed by atoms with van der Waals surface area (Å²) in [6.07, 6.45) is 2.76. The summed E-state index contributed by atoms with van der Waals surface area (Å²) in [7, 11) is 1.96. The van der Waals surface area contributed by atoms with E-state index in [1.165, 1.54) is 4.88 Å². The Bertz CT molecular complexity index is 774. The van der Waals surface area contributed by atoms with Gasteiger partial charge in [-0.1, -0.05) is 18.2 Å². The molecule has 0 amide bonds. The number of rotatable bonds is 7. The molecule has 1 N–H and O–H groups in total. The van der Waals surface area contributed by atoms with Gasteiger partial charge in [-0.05, 0) is 50.2 Å². The van der Waals surface area contributed by atoms with Crippen molar-refractivity contribution in [1.82, 2.24) is 15.3 Å². The fourth-order valence-corrected chi connectivity index (χ4v) is 3.31. The summed E-state index contributed by atoms with van der Waals surface area (Å²) in [4.78, 5) is 9.89. The van der Waals surface area contributed by atoms with Gasteiger partial charge in [0.1, 0.15) is 17.7 Å². The van der Waals surface area contributed by atoms with E-state index >= 15 is 0 Å². The van der Waals surface area contributed by atoms with E-state index in [0.717, 1.165) is 35.8 Å². The first-order valence-electron chi connectivity index (χ1n) is 8.01. The molecule has 0 aliphatic carbocycles. The molecular formula is C19H21N3OS. The number of ether oxygens (including phenoxy) is 1. The van der Waals surface area contributed by atoms with Crippen molar-refractivity contribution >= 4 is 11.3 Å². The molecule has 3 rings (SSSR count). The van der Waals surface area contributed by atoms with E-state index in [-0.39, 0.29) is 6.10 Å². The molecule has 0 aliphatic rings. The second-order valence-corrected chi connectivity index (χ2v) is 6.51. The molecule has 0 aliphatic heterocycles. The fraction of sp³-hybridized carbons (Fsp3) is 0.263. The number of aryl methyl sites for hydroxylation is 1. The highest BCUT2D eigenvalue weighted by Crippen LogP contribution is 2.30. The first-order valence-corrected chi connectivity index (χ1v) is 8.89. The molecule has 1 aromatic carbocycles. The van der Waals surface area contributed by atoms with Crippen LogP contribution in [-0.2, 0) is 0 Å². The van der Waals surface area contributed by atoms with Crippen LogP contribution in [0.25, 0.3) is 11.3 Å². The molecule has 2 heterocycles. The number of nitrogens with zero attached hydrogens (tertiary/aromatic N) is 2. The lowest BCUT2D eigenvalue weighted by Crippen LogP contribution is -2.15. The maximum absolute atomic E-state index is 6.28. The van der Waals surface area contributed by atoms with E-state index in [0.29, 0.717) is 0 Å². The molecule has 2 aromatic heterocycles. The van der Waals surface area contributed by atoms with Crippen LogP contribution in [-0.4, -0.2) is 23.6 Å². The summed E-state index contributed by atoms with van der Waals surface area (Å²) in [6, 6.07) is 14.2. The fourth-order valence-electron chi connectivity index (χ4n) is 2.52. The normalized spacial score (nSPS) is 12.1. The van der Waals surface area contributed by atoms with Gasteiger partial charge in [0.2, 0.25) is 0 Å². The standard InChI is InChI=1S/C19H21N3OS/c1-14-21-11-8-17(22-14)15-5-3-6-16(13-15)23-18(9-10-20-2)19-7-4-12-24-19/h3-8,11-13,18,20H,9-10H2,1-2H3. The van der Waals surface area contributed by atoms with Crippen LogP contribution in [0, 0.1) is 6.92 Å². The molecule has 1 atom stereocenters. The van der Waals surface area contributed by atoms with Crippen LogP contribution in [0.2, 0.25) is 0 Å². The predicted molar refractivity (Wildman–Crippen MR) is 98.4 cm³/mol. The van der Waals surface area contributed by atoms with Gasteiger partial charge in [0.15, 0.2) is 0 Å². The molecule has 0 bridgehead atoms. The van der Waals surface area contributed by atoms with Gasteiger partial charge in [-0.15, -0.1) is 11.3 Å². The van der Waals surface area contributed by atoms with E-state index in [1.807, 2.05) is 44.3 Å². The van der Waals surface area contributed by atoms with Crippen LogP contribution < -0.4 is 10.1 Å². The molecule has 0 saturated carbocycles. The smallest absolute Gasteiger partial charge is 0.134 e. The summed E-state index contributed by atoms with van der Waals surface area (Å²) < 4.78 is 6.28. The monoisotopic (exact) mass is 339 g/mol. The van der Waals surface area contributed by atoms with Crippen molar-refractivity contribution in [1.29, 1.82) is 0 Å². The van der Waals surface area contributed by atoms with Crippen LogP contribution >= 0.6 is 11.3 Å². The number of hydrogen-bond acceptors (Lipinski definition) is 5. The quantitative estimate of drug-likeness (QED) is 0.699. The van der Waals surface area contributed by atoms with Crippen LogP contribution in [0.1, 0.15) is 23.2 Å². The zero-order chi connectivity index (χ0) is 16.8. The number of thiophene rings is 1. The highest BCUT2D eigenvalue weighted by Gasteiger charge is 2.14. The lowest BCUT2D eigenvalue weighted by atomic mass is 10.1. The second kappa shape index (κ2) is 8.04. The van der Waals surface area contributed by atoms with Gasteiger partial charge in [-0.25, -0.2) is 9.97 Å². The molecule has 4 nitrogen and oxygen atoms in total. The second-order valence-electron chi connectivity index (χ2n) is 5.53. The first-order chi connectivity index (χ1) is 11.8. The maximum atomic E-state index is 6.28. The highest BCUT2D eigenvalue weighted by molar-refractivity contribution is 7.10. The van der Waals surface area contributed by atoms with Gasteiger partial charge < -0.3 is 10.1 Å². The summed E-state index contributed by atoms with van der Waals surface area (Å²) in [6.45, 7) is 2.81. The van der Waals surface area contributed by atoms with Gasteiger partial charge >= 0.3 is 0 Å². The Labute approximate surface area is 146 Å². The third kappa shape index (κ3) is 4.19. The number of aromatic nitrogens is 2. The third-order valence-electron chi connectivity index (χ3n) is 3.70. The molecule has 0 saturated heterocycles. The van der Waals surface area contributed by atoms with Crippen LogP contribution in [0.5, 0.6) is 5.75 Å². The Morgan fingerprint density at radius 2 is 2.12 bits per heavy atom. The van der Waals surface area contributed by atoms with Crippen molar-refractivity contribution in [2.24, 2.45) is 0 Å². The molecule has 0 radical (unpaired) electrons. The molecular weight excluding hydrogens is 318 g/mol. The van der Waals surface area contributed by atoms with Crippen molar-refractivity contribution in [2.45, 2.75) is 19.4 Å². The lowest BCUT2D eigenvalue weighted by molar-refractivity contribution is 0.199. The van der Waals surface area contributed by atoms with E-state index < -0.39 is 0 Å². The highest BCUT2D eigenvalue weighted by atomic mass is 32.1. The van der Waals surface area contributed by atoms with Gasteiger partial charge in [-0.2, -0.15) is 0 Å². The molecule has 0 fully saturated rings. The van der Waals surface area contributed by atoms with Crippen molar-refractivity contribution in [3.63, 3.8) is 0 Å². The SMILES string of the molecule is CNCCC(Oc1cccc(-c2ccnc(C)n2)c1)c1cccs1. The minimum absolute atomic E-state index is 0.0554. The first kappa shape index (κ1) is 16.6. The Hall–Kier alpha value is -2.24. The zero-order valence-electron chi connectivity index (χ0n) is 13.9. The van der Waals surface area contributed by atoms with E-state index in [9.17, 15) is 0 Å². The van der Waals surface area contributed by atoms with E-state index in [4.69, 9.17) is 4.74 Å². The predicted octanol–water partition coefficient (Wildman–Crippen LogP) is 4.24. The summed E-state index contributed by atoms with van der Waals surface area (Å²) >= 11 is 1.73. The summed E-state index contributed by atoms with van der Waals surface area (Å²) in [5.74, 6) is 1.63. The number of benzene rings is 1. The van der Waals surface area contributed by atoms with Gasteiger partial charge in [0.05, 0.1) is 5.69 Å². The summed E-state index contributed by atoms with van der Waals surface area (Å²) in [5.41, 5.74) is 1.95. The maximum Gasteiger partial charge on any atom is 0.134 e. The molecule has 24 heavy (non-hydrogen) atoms. The molecule has 1 unspecified atom stereocenters.